The van der Waals surface area contributed by atoms with Crippen LogP contribution in [0.1, 0.15) is 16.7 Å². The molecule has 0 saturated carbocycles. The fourth-order valence-electron chi connectivity index (χ4n) is 3.46. The summed E-state index contributed by atoms with van der Waals surface area (Å²) in [4.78, 5) is 30.1. The molecule has 0 aliphatic heterocycles. The number of carbonyl (C=O) groups excluding carboxylic acids is 2. The van der Waals surface area contributed by atoms with Gasteiger partial charge < -0.3 is 9.94 Å². The highest BCUT2D eigenvalue weighted by atomic mass is 16.7. The van der Waals surface area contributed by atoms with Crippen LogP contribution in [0.25, 0.3) is 0 Å². The number of carbonyl (C=O) groups is 2. The van der Waals surface area contributed by atoms with Crippen LogP contribution in [0.4, 0.5) is 11.4 Å². The van der Waals surface area contributed by atoms with Gasteiger partial charge in [-0.25, -0.2) is 10.3 Å². The van der Waals surface area contributed by atoms with E-state index in [0.29, 0.717) is 22.5 Å². The number of hydrogen-bond acceptors (Lipinski definition) is 6. The summed E-state index contributed by atoms with van der Waals surface area (Å²) in [6.45, 7) is 0. The second kappa shape index (κ2) is 11.0. The molecule has 0 bridgehead atoms. The predicted molar refractivity (Wildman–Crippen MR) is 132 cm³/mol. The number of anilines is 1. The molecule has 0 aliphatic carbocycles. The van der Waals surface area contributed by atoms with Crippen molar-refractivity contribution in [1.82, 2.24) is 0 Å². The van der Waals surface area contributed by atoms with E-state index in [0.717, 1.165) is 5.56 Å². The van der Waals surface area contributed by atoms with Gasteiger partial charge in [0.2, 0.25) is 0 Å². The first-order valence-corrected chi connectivity index (χ1v) is 10.9. The van der Waals surface area contributed by atoms with Gasteiger partial charge in [0.1, 0.15) is 0 Å². The van der Waals surface area contributed by atoms with Gasteiger partial charge in [0, 0.05) is 0 Å². The van der Waals surface area contributed by atoms with Crippen LogP contribution in [0, 0.1) is 0 Å². The zero-order valence-electron chi connectivity index (χ0n) is 18.7. The minimum atomic E-state index is -1.97. The standard InChI is InChI=1S/C28H23N3O4/c32-26(20-21-10-4-1-5-11-21)35-31-25-18-16-24(17-19-25)29-30-27(33)28(34,22-12-6-2-7-13-22)23-14-8-3-9-15-23/h1-19,31,34H,20H2. The van der Waals surface area contributed by atoms with Crippen LogP contribution in [0.5, 0.6) is 0 Å². The first kappa shape index (κ1) is 23.5. The van der Waals surface area contributed by atoms with Crippen LogP contribution >= 0.6 is 0 Å². The smallest absolute Gasteiger partial charge is 0.336 e. The van der Waals surface area contributed by atoms with Crippen molar-refractivity contribution in [2.75, 3.05) is 5.48 Å². The van der Waals surface area contributed by atoms with E-state index in [1.54, 1.807) is 84.9 Å². The van der Waals surface area contributed by atoms with Gasteiger partial charge in [-0.2, -0.15) is 0 Å². The Hall–Kier alpha value is -4.62. The van der Waals surface area contributed by atoms with Crippen molar-refractivity contribution in [2.45, 2.75) is 12.0 Å². The number of nitrogens with zero attached hydrogens (tertiary/aromatic N) is 2. The number of benzene rings is 4. The SMILES string of the molecule is O=C(Cc1ccccc1)ONc1ccc(N=NC(=O)C(O)(c2ccccc2)c2ccccc2)cc1. The molecule has 0 radical (unpaired) electrons. The summed E-state index contributed by atoms with van der Waals surface area (Å²) in [5.74, 6) is -1.24. The Morgan fingerprint density at radius 1 is 0.743 bits per heavy atom. The van der Waals surface area contributed by atoms with Crippen molar-refractivity contribution in [3.63, 3.8) is 0 Å². The average molecular weight is 466 g/mol. The van der Waals surface area contributed by atoms with Crippen LogP contribution in [0.2, 0.25) is 0 Å². The highest BCUT2D eigenvalue weighted by Crippen LogP contribution is 2.31. The second-order valence-electron chi connectivity index (χ2n) is 7.73. The van der Waals surface area contributed by atoms with Crippen molar-refractivity contribution < 1.29 is 19.5 Å². The molecule has 4 rings (SSSR count). The number of azo groups is 1. The summed E-state index contributed by atoms with van der Waals surface area (Å²) in [7, 11) is 0. The molecule has 0 unspecified atom stereocenters. The van der Waals surface area contributed by atoms with E-state index in [4.69, 9.17) is 4.84 Å². The lowest BCUT2D eigenvalue weighted by Gasteiger charge is -2.25. The quantitative estimate of drug-likeness (QED) is 0.270. The van der Waals surface area contributed by atoms with E-state index in [9.17, 15) is 14.7 Å². The van der Waals surface area contributed by atoms with E-state index in [2.05, 4.69) is 15.7 Å². The number of nitrogens with one attached hydrogen (secondary N) is 1. The Bertz CT molecular complexity index is 1250. The van der Waals surface area contributed by atoms with Crippen molar-refractivity contribution in [3.05, 3.63) is 132 Å². The summed E-state index contributed by atoms with van der Waals surface area (Å²) in [6, 6.07) is 33.0. The van der Waals surface area contributed by atoms with Crippen LogP contribution in [0.3, 0.4) is 0 Å². The lowest BCUT2D eigenvalue weighted by Crippen LogP contribution is -2.35. The van der Waals surface area contributed by atoms with E-state index in [1.165, 1.54) is 0 Å². The highest BCUT2D eigenvalue weighted by molar-refractivity contribution is 5.90. The second-order valence-corrected chi connectivity index (χ2v) is 7.73. The van der Waals surface area contributed by atoms with Crippen LogP contribution in [0.15, 0.2) is 125 Å². The van der Waals surface area contributed by atoms with Gasteiger partial charge in [-0.3, -0.25) is 4.79 Å². The van der Waals surface area contributed by atoms with Crippen molar-refractivity contribution in [2.24, 2.45) is 10.2 Å². The third kappa shape index (κ3) is 5.85. The summed E-state index contributed by atoms with van der Waals surface area (Å²) in [6.07, 6.45) is 0.147. The molecular formula is C28H23N3O4. The Morgan fingerprint density at radius 3 is 1.80 bits per heavy atom. The average Bonchev–Trinajstić information content (AvgIpc) is 2.92. The lowest BCUT2D eigenvalue weighted by atomic mass is 9.86. The first-order chi connectivity index (χ1) is 17.1. The topological polar surface area (TPSA) is 100 Å². The minimum absolute atomic E-state index is 0.147. The number of aliphatic hydroxyl groups is 1. The molecular weight excluding hydrogens is 442 g/mol. The van der Waals surface area contributed by atoms with Gasteiger partial charge in [-0.15, -0.1) is 10.2 Å². The van der Waals surface area contributed by atoms with Gasteiger partial charge in [0.05, 0.1) is 17.8 Å². The Morgan fingerprint density at radius 2 is 1.26 bits per heavy atom. The summed E-state index contributed by atoms with van der Waals surface area (Å²) in [5, 5.41) is 19.2. The summed E-state index contributed by atoms with van der Waals surface area (Å²) < 4.78 is 0. The van der Waals surface area contributed by atoms with E-state index in [1.807, 2.05) is 30.3 Å². The van der Waals surface area contributed by atoms with Gasteiger partial charge in [-0.05, 0) is 41.0 Å². The van der Waals surface area contributed by atoms with Gasteiger partial charge in [-0.1, -0.05) is 91.0 Å². The Kier molecular flexibility index (Phi) is 7.40. The highest BCUT2D eigenvalue weighted by Gasteiger charge is 2.40. The molecule has 0 aromatic heterocycles. The molecule has 4 aromatic rings. The molecule has 4 aromatic carbocycles. The molecule has 35 heavy (non-hydrogen) atoms. The lowest BCUT2D eigenvalue weighted by molar-refractivity contribution is -0.139. The number of amides is 1. The van der Waals surface area contributed by atoms with Crippen molar-refractivity contribution >= 4 is 23.3 Å². The summed E-state index contributed by atoms with van der Waals surface area (Å²) in [5.41, 5.74) is 3.19. The molecule has 0 heterocycles. The molecule has 0 aliphatic rings. The van der Waals surface area contributed by atoms with Gasteiger partial charge in [0.15, 0.2) is 5.60 Å². The van der Waals surface area contributed by atoms with Crippen molar-refractivity contribution in [3.8, 4) is 0 Å². The maximum Gasteiger partial charge on any atom is 0.336 e. The van der Waals surface area contributed by atoms with Crippen LogP contribution < -0.4 is 5.48 Å². The van der Waals surface area contributed by atoms with E-state index < -0.39 is 17.5 Å². The zero-order valence-corrected chi connectivity index (χ0v) is 18.7. The zero-order chi connectivity index (χ0) is 24.5. The Labute approximate surface area is 202 Å². The molecule has 7 heteroatoms. The van der Waals surface area contributed by atoms with Crippen LogP contribution in [-0.4, -0.2) is 17.0 Å². The number of rotatable bonds is 8. The predicted octanol–water partition coefficient (Wildman–Crippen LogP) is 5.35. The van der Waals surface area contributed by atoms with E-state index in [-0.39, 0.29) is 6.42 Å². The molecule has 0 atom stereocenters. The largest absolute Gasteiger partial charge is 0.372 e. The Balaban J connectivity index is 1.42. The fraction of sp³-hybridized carbons (Fsp3) is 0.0714. The molecule has 2 N–H and O–H groups in total. The molecule has 0 spiro atoms. The minimum Gasteiger partial charge on any atom is -0.372 e. The van der Waals surface area contributed by atoms with Crippen molar-refractivity contribution in [1.29, 1.82) is 0 Å². The maximum absolute atomic E-state index is 13.1. The maximum atomic E-state index is 13.1. The third-order valence-electron chi connectivity index (χ3n) is 5.29. The fourth-order valence-corrected chi connectivity index (χ4v) is 3.46. The van der Waals surface area contributed by atoms with Gasteiger partial charge in [0.25, 0.3) is 0 Å². The molecule has 1 amide bonds. The monoisotopic (exact) mass is 465 g/mol. The normalized spacial score (nSPS) is 11.2. The first-order valence-electron chi connectivity index (χ1n) is 10.9. The molecule has 0 fully saturated rings. The molecule has 174 valence electrons. The molecule has 0 saturated heterocycles. The van der Waals surface area contributed by atoms with Gasteiger partial charge >= 0.3 is 11.9 Å². The van der Waals surface area contributed by atoms with E-state index >= 15 is 0 Å². The third-order valence-corrected chi connectivity index (χ3v) is 5.29. The van der Waals surface area contributed by atoms with Crippen LogP contribution in [-0.2, 0) is 26.4 Å². The number of hydrogen-bond donors (Lipinski definition) is 2. The summed E-state index contributed by atoms with van der Waals surface area (Å²) >= 11 is 0. The molecule has 7 nitrogen and oxygen atoms in total.